The Morgan fingerprint density at radius 1 is 1.50 bits per heavy atom. The molecule has 0 N–H and O–H groups in total. The van der Waals surface area contributed by atoms with Crippen LogP contribution in [0.5, 0.6) is 0 Å². The number of halogens is 1. The fourth-order valence-electron chi connectivity index (χ4n) is 1.26. The summed E-state index contributed by atoms with van der Waals surface area (Å²) >= 11 is 2.08. The first kappa shape index (κ1) is 10.0. The van der Waals surface area contributed by atoms with Gasteiger partial charge in [0.05, 0.1) is 10.7 Å². The largest absolute Gasteiger partial charge is 0.500 e. The van der Waals surface area contributed by atoms with Gasteiger partial charge < -0.3 is 4.74 Å². The Bertz CT molecular complexity index is 241. The van der Waals surface area contributed by atoms with E-state index in [-0.39, 0.29) is 11.2 Å². The van der Waals surface area contributed by atoms with Crippen molar-refractivity contribution in [1.82, 2.24) is 0 Å². The van der Waals surface area contributed by atoms with Crippen LogP contribution in [-0.4, -0.2) is 12.9 Å². The van der Waals surface area contributed by atoms with E-state index in [1.165, 1.54) is 0 Å². The number of carbonyl (C=O) groups is 1. The van der Waals surface area contributed by atoms with E-state index in [1.54, 1.807) is 7.11 Å². The molecule has 1 rings (SSSR count). The maximum atomic E-state index is 11.7. The van der Waals surface area contributed by atoms with Crippen LogP contribution < -0.4 is 0 Å². The Labute approximate surface area is 86.5 Å². The quantitative estimate of drug-likeness (QED) is 0.690. The Morgan fingerprint density at radius 2 is 2.08 bits per heavy atom. The molecule has 0 radical (unpaired) electrons. The molecule has 0 amide bonds. The van der Waals surface area contributed by atoms with Gasteiger partial charge in [-0.05, 0) is 29.0 Å². The lowest BCUT2D eigenvalue weighted by atomic mass is 9.79. The molecular weight excluding hydrogens is 267 g/mol. The van der Waals surface area contributed by atoms with Crippen LogP contribution in [-0.2, 0) is 9.53 Å². The molecule has 0 fully saturated rings. The third-order valence-electron chi connectivity index (χ3n) is 2.28. The van der Waals surface area contributed by atoms with Gasteiger partial charge in [0.2, 0.25) is 0 Å². The van der Waals surface area contributed by atoms with Gasteiger partial charge in [0, 0.05) is 11.8 Å². The highest BCUT2D eigenvalue weighted by atomic mass is 127. The first-order valence-electron chi connectivity index (χ1n) is 3.96. The molecule has 1 aliphatic rings. The smallest absolute Gasteiger partial charge is 0.177 e. The van der Waals surface area contributed by atoms with Crippen molar-refractivity contribution in [1.29, 1.82) is 0 Å². The Kier molecular flexibility index (Phi) is 2.81. The predicted molar refractivity (Wildman–Crippen MR) is 56.1 cm³/mol. The van der Waals surface area contributed by atoms with Crippen molar-refractivity contribution < 1.29 is 9.53 Å². The lowest BCUT2D eigenvalue weighted by molar-refractivity contribution is -0.123. The second kappa shape index (κ2) is 3.36. The molecule has 0 heterocycles. The maximum absolute atomic E-state index is 11.7. The number of hydrogen-bond acceptors (Lipinski definition) is 2. The second-order valence-corrected chi connectivity index (χ2v) is 4.73. The lowest BCUT2D eigenvalue weighted by Gasteiger charge is -2.28. The van der Waals surface area contributed by atoms with Crippen molar-refractivity contribution in [3.8, 4) is 0 Å². The van der Waals surface area contributed by atoms with Gasteiger partial charge in [0.25, 0.3) is 0 Å². The standard InChI is InChI=1S/C9H13IO2/c1-9(2)5-4-6(12-3)7(10)8(9)11/h4-5H2,1-3H3. The molecule has 0 aliphatic heterocycles. The van der Waals surface area contributed by atoms with Gasteiger partial charge in [0.15, 0.2) is 5.78 Å². The van der Waals surface area contributed by atoms with E-state index in [9.17, 15) is 4.79 Å². The fourth-order valence-corrected chi connectivity index (χ4v) is 2.48. The van der Waals surface area contributed by atoms with Crippen LogP contribution in [0, 0.1) is 5.41 Å². The monoisotopic (exact) mass is 280 g/mol. The SMILES string of the molecule is COC1=C(I)C(=O)C(C)(C)CC1. The van der Waals surface area contributed by atoms with Gasteiger partial charge >= 0.3 is 0 Å². The minimum Gasteiger partial charge on any atom is -0.500 e. The average molecular weight is 280 g/mol. The first-order chi connectivity index (χ1) is 5.49. The number of carbonyl (C=O) groups excluding carboxylic acids is 1. The number of ether oxygens (including phenoxy) is 1. The molecule has 1 aliphatic carbocycles. The minimum atomic E-state index is -0.196. The van der Waals surface area contributed by atoms with Crippen molar-refractivity contribution in [3.05, 3.63) is 9.34 Å². The topological polar surface area (TPSA) is 26.3 Å². The lowest BCUT2D eigenvalue weighted by Crippen LogP contribution is -2.28. The zero-order valence-electron chi connectivity index (χ0n) is 7.61. The van der Waals surface area contributed by atoms with Gasteiger partial charge in [-0.25, -0.2) is 0 Å². The molecule has 0 aromatic rings. The van der Waals surface area contributed by atoms with Crippen LogP contribution in [0.3, 0.4) is 0 Å². The number of methoxy groups -OCH3 is 1. The van der Waals surface area contributed by atoms with Crippen LogP contribution >= 0.6 is 22.6 Å². The number of hydrogen-bond donors (Lipinski definition) is 0. The summed E-state index contributed by atoms with van der Waals surface area (Å²) in [7, 11) is 1.62. The van der Waals surface area contributed by atoms with E-state index in [0.717, 1.165) is 22.2 Å². The summed E-state index contributed by atoms with van der Waals surface area (Å²) in [5.41, 5.74) is -0.196. The average Bonchev–Trinajstić information content (AvgIpc) is 2.01. The molecule has 0 saturated heterocycles. The zero-order valence-corrected chi connectivity index (χ0v) is 9.77. The molecule has 68 valence electrons. The van der Waals surface area contributed by atoms with E-state index < -0.39 is 0 Å². The Hall–Kier alpha value is -0.0600. The second-order valence-electron chi connectivity index (χ2n) is 3.65. The third-order valence-corrected chi connectivity index (χ3v) is 3.37. The van der Waals surface area contributed by atoms with E-state index in [4.69, 9.17) is 4.74 Å². The first-order valence-corrected chi connectivity index (χ1v) is 5.04. The van der Waals surface area contributed by atoms with Crippen molar-refractivity contribution in [2.24, 2.45) is 5.41 Å². The molecule has 0 bridgehead atoms. The molecule has 12 heavy (non-hydrogen) atoms. The number of allylic oxidation sites excluding steroid dienone is 2. The number of rotatable bonds is 1. The maximum Gasteiger partial charge on any atom is 0.177 e. The summed E-state index contributed by atoms with van der Waals surface area (Å²) < 4.78 is 5.89. The van der Waals surface area contributed by atoms with Gasteiger partial charge in [-0.15, -0.1) is 0 Å². The highest BCUT2D eigenvalue weighted by Crippen LogP contribution is 2.38. The van der Waals surface area contributed by atoms with Crippen LogP contribution in [0.2, 0.25) is 0 Å². The summed E-state index contributed by atoms with van der Waals surface area (Å²) in [6, 6.07) is 0. The van der Waals surface area contributed by atoms with Crippen molar-refractivity contribution in [2.45, 2.75) is 26.7 Å². The van der Waals surface area contributed by atoms with Gasteiger partial charge in [-0.3, -0.25) is 4.79 Å². The normalized spacial score (nSPS) is 22.8. The van der Waals surface area contributed by atoms with Crippen LogP contribution in [0.1, 0.15) is 26.7 Å². The van der Waals surface area contributed by atoms with E-state index in [0.29, 0.717) is 0 Å². The number of ketones is 1. The van der Waals surface area contributed by atoms with Crippen LogP contribution in [0.25, 0.3) is 0 Å². The van der Waals surface area contributed by atoms with E-state index in [2.05, 4.69) is 22.6 Å². The molecule has 0 spiro atoms. The van der Waals surface area contributed by atoms with Gasteiger partial charge in [0.1, 0.15) is 5.76 Å². The Balaban J connectivity index is 2.98. The highest BCUT2D eigenvalue weighted by Gasteiger charge is 2.35. The summed E-state index contributed by atoms with van der Waals surface area (Å²) in [5.74, 6) is 1.06. The highest BCUT2D eigenvalue weighted by molar-refractivity contribution is 14.1. The molecule has 0 saturated carbocycles. The van der Waals surface area contributed by atoms with Crippen molar-refractivity contribution >= 4 is 28.4 Å². The van der Waals surface area contributed by atoms with E-state index in [1.807, 2.05) is 13.8 Å². The molecule has 2 nitrogen and oxygen atoms in total. The van der Waals surface area contributed by atoms with Gasteiger partial charge in [-0.2, -0.15) is 0 Å². The van der Waals surface area contributed by atoms with Crippen LogP contribution in [0.4, 0.5) is 0 Å². The summed E-state index contributed by atoms with van der Waals surface area (Å²) in [6.45, 7) is 3.97. The van der Waals surface area contributed by atoms with Crippen LogP contribution in [0.15, 0.2) is 9.34 Å². The predicted octanol–water partition coefficient (Wildman–Crippen LogP) is 2.67. The summed E-state index contributed by atoms with van der Waals surface area (Å²) in [6.07, 6.45) is 1.77. The molecule has 0 atom stereocenters. The minimum absolute atomic E-state index is 0.196. The number of Topliss-reactive ketones (excluding diaryl/α,β-unsaturated/α-hetero) is 1. The van der Waals surface area contributed by atoms with Crippen molar-refractivity contribution in [2.75, 3.05) is 7.11 Å². The van der Waals surface area contributed by atoms with E-state index >= 15 is 0 Å². The van der Waals surface area contributed by atoms with Gasteiger partial charge in [-0.1, -0.05) is 13.8 Å². The van der Waals surface area contributed by atoms with Crippen molar-refractivity contribution in [3.63, 3.8) is 0 Å². The molecule has 0 unspecified atom stereocenters. The summed E-state index contributed by atoms with van der Waals surface area (Å²) in [5, 5.41) is 0. The molecule has 0 aromatic carbocycles. The molecular formula is C9H13IO2. The zero-order chi connectivity index (χ0) is 9.35. The third kappa shape index (κ3) is 1.65. The molecule has 3 heteroatoms. The Morgan fingerprint density at radius 3 is 2.58 bits per heavy atom. The fraction of sp³-hybridized carbons (Fsp3) is 0.667. The molecule has 0 aromatic heterocycles. The summed E-state index contributed by atoms with van der Waals surface area (Å²) in [4.78, 5) is 11.7.